The highest BCUT2D eigenvalue weighted by molar-refractivity contribution is 9.10. The van der Waals surface area contributed by atoms with E-state index in [0.717, 1.165) is 54.0 Å². The predicted molar refractivity (Wildman–Crippen MR) is 116 cm³/mol. The SMILES string of the molecule is CCN(CC)CCCn1c(COc2ccc3cc(Br)ccc3c2)n[nH]c1=S. The highest BCUT2D eigenvalue weighted by atomic mass is 79.9. The molecule has 2 aromatic carbocycles. The Kier molecular flexibility index (Phi) is 7.04. The van der Waals surface area contributed by atoms with Gasteiger partial charge in [0.05, 0.1) is 0 Å². The molecule has 0 aliphatic heterocycles. The summed E-state index contributed by atoms with van der Waals surface area (Å²) in [6.45, 7) is 8.81. The van der Waals surface area contributed by atoms with Gasteiger partial charge in [0.1, 0.15) is 12.4 Å². The van der Waals surface area contributed by atoms with Gasteiger partial charge >= 0.3 is 0 Å². The molecule has 0 amide bonds. The third kappa shape index (κ3) is 5.18. The molecular weight excluding hydrogens is 424 g/mol. The Balaban J connectivity index is 1.64. The van der Waals surface area contributed by atoms with E-state index in [-0.39, 0.29) is 0 Å². The molecule has 27 heavy (non-hydrogen) atoms. The number of aromatic amines is 1. The number of rotatable bonds is 9. The molecule has 0 radical (unpaired) electrons. The molecular formula is C20H25BrN4OS. The van der Waals surface area contributed by atoms with E-state index in [0.29, 0.717) is 11.4 Å². The Morgan fingerprint density at radius 1 is 1.15 bits per heavy atom. The van der Waals surface area contributed by atoms with Crippen molar-refractivity contribution in [3.8, 4) is 5.75 Å². The molecule has 0 aliphatic carbocycles. The van der Waals surface area contributed by atoms with Gasteiger partial charge in [-0.3, -0.25) is 5.10 Å². The molecule has 0 spiro atoms. The fourth-order valence-electron chi connectivity index (χ4n) is 3.12. The lowest BCUT2D eigenvalue weighted by Crippen LogP contribution is -2.25. The molecule has 0 fully saturated rings. The Bertz CT molecular complexity index is 949. The second-order valence-corrected chi connectivity index (χ2v) is 7.72. The van der Waals surface area contributed by atoms with Crippen LogP contribution in [0.25, 0.3) is 10.8 Å². The standard InChI is InChI=1S/C20H25BrN4OS/c1-3-24(4-2)10-5-11-25-19(22-23-20(25)27)14-26-18-9-7-15-12-17(21)8-6-16(15)13-18/h6-9,12-13H,3-5,10-11,14H2,1-2H3,(H,23,27). The Morgan fingerprint density at radius 2 is 1.89 bits per heavy atom. The van der Waals surface area contributed by atoms with Crippen molar-refractivity contribution in [2.75, 3.05) is 19.6 Å². The van der Waals surface area contributed by atoms with Crippen molar-refractivity contribution in [1.82, 2.24) is 19.7 Å². The first kappa shape index (κ1) is 20.0. The Morgan fingerprint density at radius 3 is 2.67 bits per heavy atom. The van der Waals surface area contributed by atoms with E-state index in [4.69, 9.17) is 17.0 Å². The van der Waals surface area contributed by atoms with Crippen molar-refractivity contribution in [2.24, 2.45) is 0 Å². The molecule has 0 bridgehead atoms. The van der Waals surface area contributed by atoms with Crippen LogP contribution in [0, 0.1) is 4.77 Å². The third-order valence-electron chi connectivity index (χ3n) is 4.73. The number of hydrogen-bond acceptors (Lipinski definition) is 4. The van der Waals surface area contributed by atoms with Crippen LogP contribution in [0.15, 0.2) is 40.9 Å². The molecule has 0 aliphatic rings. The van der Waals surface area contributed by atoms with E-state index >= 15 is 0 Å². The first-order valence-corrected chi connectivity index (χ1v) is 10.5. The van der Waals surface area contributed by atoms with Crippen LogP contribution >= 0.6 is 28.1 Å². The zero-order valence-corrected chi connectivity index (χ0v) is 18.1. The Hall–Kier alpha value is -1.70. The van der Waals surface area contributed by atoms with Crippen LogP contribution in [0.3, 0.4) is 0 Å². The van der Waals surface area contributed by atoms with Crippen molar-refractivity contribution in [2.45, 2.75) is 33.4 Å². The number of nitrogens with one attached hydrogen (secondary N) is 1. The van der Waals surface area contributed by atoms with Gasteiger partial charge in [-0.2, -0.15) is 5.10 Å². The van der Waals surface area contributed by atoms with Crippen LogP contribution in [0.1, 0.15) is 26.1 Å². The number of fused-ring (bicyclic) bond motifs is 1. The average molecular weight is 449 g/mol. The Labute approximate surface area is 173 Å². The van der Waals surface area contributed by atoms with E-state index in [1.54, 1.807) is 0 Å². The summed E-state index contributed by atoms with van der Waals surface area (Å²) in [6.07, 6.45) is 1.04. The zero-order valence-electron chi connectivity index (χ0n) is 15.7. The van der Waals surface area contributed by atoms with Gasteiger partial charge in [-0.25, -0.2) is 0 Å². The molecule has 1 aromatic heterocycles. The second-order valence-electron chi connectivity index (χ2n) is 6.42. The third-order valence-corrected chi connectivity index (χ3v) is 5.53. The molecule has 144 valence electrons. The van der Waals surface area contributed by atoms with Gasteiger partial charge in [-0.05, 0) is 73.3 Å². The highest BCUT2D eigenvalue weighted by Gasteiger charge is 2.08. The molecule has 5 nitrogen and oxygen atoms in total. The number of benzene rings is 2. The smallest absolute Gasteiger partial charge is 0.195 e. The summed E-state index contributed by atoms with van der Waals surface area (Å²) in [7, 11) is 0. The maximum Gasteiger partial charge on any atom is 0.195 e. The summed E-state index contributed by atoms with van der Waals surface area (Å²) in [5.74, 6) is 1.66. The zero-order chi connectivity index (χ0) is 19.2. The topological polar surface area (TPSA) is 46.1 Å². The van der Waals surface area contributed by atoms with Gasteiger partial charge in [-0.15, -0.1) is 0 Å². The molecule has 3 rings (SSSR count). The largest absolute Gasteiger partial charge is 0.486 e. The van der Waals surface area contributed by atoms with Crippen LogP contribution in [-0.2, 0) is 13.2 Å². The minimum atomic E-state index is 0.389. The fraction of sp³-hybridized carbons (Fsp3) is 0.400. The molecule has 1 N–H and O–H groups in total. The van der Waals surface area contributed by atoms with E-state index in [9.17, 15) is 0 Å². The molecule has 0 unspecified atom stereocenters. The van der Waals surface area contributed by atoms with Crippen molar-refractivity contribution in [3.05, 3.63) is 51.5 Å². The molecule has 0 saturated heterocycles. The number of halogens is 1. The fourth-order valence-corrected chi connectivity index (χ4v) is 3.74. The van der Waals surface area contributed by atoms with Crippen LogP contribution in [0.4, 0.5) is 0 Å². The van der Waals surface area contributed by atoms with Crippen LogP contribution in [-0.4, -0.2) is 39.3 Å². The molecule has 0 atom stereocenters. The molecule has 0 saturated carbocycles. The summed E-state index contributed by atoms with van der Waals surface area (Å²) in [5.41, 5.74) is 0. The quantitative estimate of drug-likeness (QED) is 0.458. The molecule has 1 heterocycles. The lowest BCUT2D eigenvalue weighted by molar-refractivity contribution is 0.277. The van der Waals surface area contributed by atoms with Crippen LogP contribution in [0.5, 0.6) is 5.75 Å². The summed E-state index contributed by atoms with van der Waals surface area (Å²) < 4.78 is 9.74. The maximum atomic E-state index is 5.98. The van der Waals surface area contributed by atoms with Gasteiger partial charge in [0.25, 0.3) is 0 Å². The van der Waals surface area contributed by atoms with E-state index in [2.05, 4.69) is 63.1 Å². The lowest BCUT2D eigenvalue weighted by Gasteiger charge is -2.18. The number of hydrogen-bond donors (Lipinski definition) is 1. The molecule has 7 heteroatoms. The summed E-state index contributed by atoms with van der Waals surface area (Å²) >= 11 is 8.89. The second kappa shape index (κ2) is 9.48. The average Bonchev–Trinajstić information content (AvgIpc) is 3.03. The highest BCUT2D eigenvalue weighted by Crippen LogP contribution is 2.24. The first-order valence-electron chi connectivity index (χ1n) is 9.29. The van der Waals surface area contributed by atoms with E-state index in [1.165, 1.54) is 5.39 Å². The van der Waals surface area contributed by atoms with E-state index in [1.807, 2.05) is 22.8 Å². The van der Waals surface area contributed by atoms with Crippen molar-refractivity contribution >= 4 is 38.9 Å². The number of aromatic nitrogens is 3. The summed E-state index contributed by atoms with van der Waals surface area (Å²) in [6, 6.07) is 12.3. The van der Waals surface area contributed by atoms with Crippen LogP contribution in [0.2, 0.25) is 0 Å². The lowest BCUT2D eigenvalue weighted by atomic mass is 10.1. The monoisotopic (exact) mass is 448 g/mol. The van der Waals surface area contributed by atoms with Gasteiger partial charge in [0, 0.05) is 11.0 Å². The van der Waals surface area contributed by atoms with Crippen molar-refractivity contribution in [1.29, 1.82) is 0 Å². The normalized spacial score (nSPS) is 11.4. The van der Waals surface area contributed by atoms with Crippen molar-refractivity contribution in [3.63, 3.8) is 0 Å². The van der Waals surface area contributed by atoms with Crippen LogP contribution < -0.4 is 4.74 Å². The minimum absolute atomic E-state index is 0.389. The number of H-pyrrole nitrogens is 1. The first-order chi connectivity index (χ1) is 13.1. The molecule has 3 aromatic rings. The van der Waals surface area contributed by atoms with Gasteiger partial charge in [0.15, 0.2) is 10.6 Å². The number of nitrogens with zero attached hydrogens (tertiary/aromatic N) is 3. The predicted octanol–water partition coefficient (Wildman–Crippen LogP) is 5.17. The summed E-state index contributed by atoms with van der Waals surface area (Å²) in [4.78, 5) is 2.41. The van der Waals surface area contributed by atoms with Gasteiger partial charge < -0.3 is 14.2 Å². The number of ether oxygens (including phenoxy) is 1. The van der Waals surface area contributed by atoms with Gasteiger partial charge in [0.2, 0.25) is 0 Å². The minimum Gasteiger partial charge on any atom is -0.486 e. The maximum absolute atomic E-state index is 5.98. The van der Waals surface area contributed by atoms with E-state index < -0.39 is 0 Å². The summed E-state index contributed by atoms with van der Waals surface area (Å²) in [5, 5.41) is 9.56. The van der Waals surface area contributed by atoms with Crippen molar-refractivity contribution < 1.29 is 4.74 Å². The van der Waals surface area contributed by atoms with Gasteiger partial charge in [-0.1, -0.05) is 41.9 Å².